The predicted octanol–water partition coefficient (Wildman–Crippen LogP) is 2.21. The first-order chi connectivity index (χ1) is 17.9. The summed E-state index contributed by atoms with van der Waals surface area (Å²) < 4.78 is 37.1. The zero-order chi connectivity index (χ0) is 28.1. The molecule has 6 atom stereocenters. The maximum atomic E-state index is 13.7. The molecule has 38 heavy (non-hydrogen) atoms. The molecule has 0 spiro atoms. The van der Waals surface area contributed by atoms with Crippen LogP contribution in [0.15, 0.2) is 47.4 Å². The summed E-state index contributed by atoms with van der Waals surface area (Å²) in [5.41, 5.74) is -2.28. The fourth-order valence-corrected chi connectivity index (χ4v) is 5.26. The van der Waals surface area contributed by atoms with Crippen LogP contribution in [0.5, 0.6) is 5.75 Å². The van der Waals surface area contributed by atoms with Gasteiger partial charge in [0.05, 0.1) is 18.8 Å². The molecule has 1 aromatic heterocycles. The largest absolute Gasteiger partial charge is 0.462 e. The van der Waals surface area contributed by atoms with E-state index < -0.39 is 62.0 Å². The van der Waals surface area contributed by atoms with Crippen LogP contribution in [0.1, 0.15) is 33.9 Å². The number of nitrogens with one attached hydrogen (secondary N) is 2. The van der Waals surface area contributed by atoms with Crippen molar-refractivity contribution >= 4 is 19.5 Å². The second-order valence-electron chi connectivity index (χ2n) is 9.15. The van der Waals surface area contributed by atoms with Gasteiger partial charge in [0.25, 0.3) is 0 Å². The molecule has 14 heteroatoms. The van der Waals surface area contributed by atoms with E-state index in [0.717, 1.165) is 4.57 Å². The summed E-state index contributed by atoms with van der Waals surface area (Å²) in [6.45, 7) is 5.72. The van der Waals surface area contributed by atoms with Gasteiger partial charge in [0.2, 0.25) is 0 Å². The molecule has 0 radical (unpaired) electrons. The van der Waals surface area contributed by atoms with Gasteiger partial charge in [-0.3, -0.25) is 13.9 Å². The molecular formula is C24H32N5O8P. The fraction of sp³-hybridized carbons (Fsp3) is 0.500. The van der Waals surface area contributed by atoms with Crippen LogP contribution in [0.3, 0.4) is 0 Å². The van der Waals surface area contributed by atoms with Gasteiger partial charge in [-0.25, -0.2) is 9.36 Å². The van der Waals surface area contributed by atoms with Crippen molar-refractivity contribution in [2.24, 2.45) is 5.41 Å². The number of ether oxygens (including phenoxy) is 2. The predicted molar refractivity (Wildman–Crippen MR) is 136 cm³/mol. The van der Waals surface area contributed by atoms with E-state index in [1.165, 1.54) is 26.1 Å². The summed E-state index contributed by atoms with van der Waals surface area (Å²) >= 11 is 0. The molecule has 1 unspecified atom stereocenters. The van der Waals surface area contributed by atoms with Crippen molar-refractivity contribution in [2.45, 2.75) is 58.3 Å². The topological polar surface area (TPSA) is 174 Å². The molecule has 0 saturated carbocycles. The van der Waals surface area contributed by atoms with Crippen molar-refractivity contribution in [1.82, 2.24) is 14.6 Å². The maximum absolute atomic E-state index is 13.7. The van der Waals surface area contributed by atoms with Crippen molar-refractivity contribution in [1.29, 1.82) is 5.26 Å². The number of carbonyl (C=O) groups is 1. The summed E-state index contributed by atoms with van der Waals surface area (Å²) in [5.74, 6) is -0.159. The van der Waals surface area contributed by atoms with E-state index >= 15 is 0 Å². The Morgan fingerprint density at radius 3 is 2.58 bits per heavy atom. The number of esters is 1. The second kappa shape index (κ2) is 12.1. The van der Waals surface area contributed by atoms with Crippen molar-refractivity contribution < 1.29 is 33.0 Å². The Morgan fingerprint density at radius 2 is 2.00 bits per heavy atom. The number of nitriles is 1. The lowest BCUT2D eigenvalue weighted by Crippen LogP contribution is -2.40. The van der Waals surface area contributed by atoms with Gasteiger partial charge < -0.3 is 24.4 Å². The van der Waals surface area contributed by atoms with E-state index in [4.69, 9.17) is 18.5 Å². The normalized spacial score (nSPS) is 25.3. The third kappa shape index (κ3) is 6.59. The first-order valence-corrected chi connectivity index (χ1v) is 13.5. The molecule has 2 heterocycles. The molecule has 0 bridgehead atoms. The minimum absolute atomic E-state index is 0.197. The van der Waals surface area contributed by atoms with Crippen LogP contribution in [0.4, 0.5) is 5.82 Å². The number of aliphatic hydroxyl groups excluding tert-OH is 1. The smallest absolute Gasteiger partial charge is 0.459 e. The summed E-state index contributed by atoms with van der Waals surface area (Å²) in [6, 6.07) is 10.6. The SMILES string of the molecule is CNc1ccn([C@@H]2O[C@H](CO[P@](=O)(NC(C)C(=O)OC(C)C)Oc3ccccc3)[C@@H](O)[C@@]2(C)C#N)c(=O)n1. The van der Waals surface area contributed by atoms with Gasteiger partial charge in [-0.2, -0.15) is 15.3 Å². The minimum Gasteiger partial charge on any atom is -0.462 e. The summed E-state index contributed by atoms with van der Waals surface area (Å²) in [4.78, 5) is 28.8. The highest BCUT2D eigenvalue weighted by molar-refractivity contribution is 7.52. The monoisotopic (exact) mass is 549 g/mol. The molecule has 13 nitrogen and oxygen atoms in total. The number of rotatable bonds is 11. The highest BCUT2D eigenvalue weighted by Gasteiger charge is 2.55. The number of aliphatic hydroxyl groups is 1. The lowest BCUT2D eigenvalue weighted by Gasteiger charge is -2.26. The van der Waals surface area contributed by atoms with Gasteiger partial charge in [-0.05, 0) is 45.9 Å². The highest BCUT2D eigenvalue weighted by atomic mass is 31.2. The standard InChI is InChI=1S/C24H32N5O8P/c1-15(2)35-21(31)16(3)28-38(33,37-17-9-7-6-8-10-17)34-13-18-20(30)24(4,14-25)22(36-18)29-12-11-19(26-5)27-23(29)32/h6-12,15-16,18,20,22,30H,13H2,1-5H3,(H,28,33)(H,26,27,32)/t16?,18-,20-,22-,24-,38-/m1/s1. The third-order valence-corrected chi connectivity index (χ3v) is 7.44. The number of carbonyl (C=O) groups excluding carboxylic acids is 1. The number of nitrogens with zero attached hydrogens (tertiary/aromatic N) is 3. The first-order valence-electron chi connectivity index (χ1n) is 11.9. The summed E-state index contributed by atoms with van der Waals surface area (Å²) in [5, 5.41) is 26.2. The van der Waals surface area contributed by atoms with Crippen molar-refractivity contribution in [3.63, 3.8) is 0 Å². The van der Waals surface area contributed by atoms with Crippen LogP contribution in [0.25, 0.3) is 0 Å². The average Bonchev–Trinajstić information content (AvgIpc) is 3.13. The van der Waals surface area contributed by atoms with Crippen LogP contribution in [0.2, 0.25) is 0 Å². The van der Waals surface area contributed by atoms with Gasteiger partial charge in [0.1, 0.15) is 35.2 Å². The third-order valence-electron chi connectivity index (χ3n) is 5.80. The molecular weight excluding hydrogens is 517 g/mol. The molecule has 2 aromatic rings. The number of para-hydroxylation sites is 1. The van der Waals surface area contributed by atoms with E-state index in [1.54, 1.807) is 51.2 Å². The van der Waals surface area contributed by atoms with E-state index in [-0.39, 0.29) is 5.75 Å². The van der Waals surface area contributed by atoms with Gasteiger partial charge in [0, 0.05) is 13.2 Å². The molecule has 0 aliphatic carbocycles. The van der Waals surface area contributed by atoms with Gasteiger partial charge in [0.15, 0.2) is 6.23 Å². The van der Waals surface area contributed by atoms with E-state index in [1.807, 2.05) is 6.07 Å². The average molecular weight is 550 g/mol. The number of hydrogen-bond donors (Lipinski definition) is 3. The Hall–Kier alpha value is -3.27. The van der Waals surface area contributed by atoms with Crippen LogP contribution < -0.4 is 20.6 Å². The van der Waals surface area contributed by atoms with Crippen LogP contribution in [-0.2, 0) is 23.4 Å². The Bertz CT molecular complexity index is 1270. The van der Waals surface area contributed by atoms with E-state index in [9.17, 15) is 24.5 Å². The first kappa shape index (κ1) is 29.3. The maximum Gasteiger partial charge on any atom is 0.459 e. The lowest BCUT2D eigenvalue weighted by molar-refractivity contribution is -0.149. The van der Waals surface area contributed by atoms with Crippen molar-refractivity contribution in [2.75, 3.05) is 19.0 Å². The van der Waals surface area contributed by atoms with Crippen molar-refractivity contribution in [3.05, 3.63) is 53.1 Å². The summed E-state index contributed by atoms with van der Waals surface area (Å²) in [6.07, 6.45) is -2.85. The number of anilines is 1. The van der Waals surface area contributed by atoms with Crippen LogP contribution in [-0.4, -0.2) is 58.6 Å². The van der Waals surface area contributed by atoms with Gasteiger partial charge in [-0.1, -0.05) is 18.2 Å². The second-order valence-corrected chi connectivity index (χ2v) is 10.8. The number of hydrogen-bond acceptors (Lipinski definition) is 11. The molecule has 1 saturated heterocycles. The molecule has 206 valence electrons. The van der Waals surface area contributed by atoms with E-state index in [2.05, 4.69) is 15.4 Å². The zero-order valence-electron chi connectivity index (χ0n) is 21.7. The summed E-state index contributed by atoms with van der Waals surface area (Å²) in [7, 11) is -2.65. The van der Waals surface area contributed by atoms with Crippen LogP contribution >= 0.6 is 7.75 Å². The Labute approximate surface area is 220 Å². The highest BCUT2D eigenvalue weighted by Crippen LogP contribution is 2.48. The Balaban J connectivity index is 1.83. The molecule has 1 aliphatic rings. The molecule has 1 aliphatic heterocycles. The molecule has 3 N–H and O–H groups in total. The van der Waals surface area contributed by atoms with Crippen LogP contribution in [0, 0.1) is 16.7 Å². The quantitative estimate of drug-likeness (QED) is 0.276. The number of aromatic nitrogens is 2. The molecule has 1 aromatic carbocycles. The Kier molecular flexibility index (Phi) is 9.30. The minimum atomic E-state index is -4.25. The zero-order valence-corrected chi connectivity index (χ0v) is 22.6. The van der Waals surface area contributed by atoms with Crippen molar-refractivity contribution in [3.8, 4) is 11.8 Å². The molecule has 1 fully saturated rings. The van der Waals surface area contributed by atoms with Gasteiger partial charge >= 0.3 is 19.4 Å². The van der Waals surface area contributed by atoms with Gasteiger partial charge in [-0.15, -0.1) is 0 Å². The fourth-order valence-electron chi connectivity index (χ4n) is 3.76. The lowest BCUT2D eigenvalue weighted by atomic mass is 9.84. The molecule has 3 rings (SSSR count). The molecule has 0 amide bonds. The van der Waals surface area contributed by atoms with E-state index in [0.29, 0.717) is 5.82 Å². The Morgan fingerprint density at radius 1 is 1.32 bits per heavy atom. The number of benzene rings is 1.